The van der Waals surface area contributed by atoms with Crippen LogP contribution in [0.1, 0.15) is 36.8 Å². The molecule has 25 heavy (non-hydrogen) atoms. The molecule has 2 amide bonds. The monoisotopic (exact) mass is 345 g/mol. The molecule has 138 valence electrons. The molecule has 1 aromatic carbocycles. The van der Waals surface area contributed by atoms with Crippen molar-refractivity contribution in [2.24, 2.45) is 11.8 Å². The number of hydrogen-bond acceptors (Lipinski definition) is 3. The summed E-state index contributed by atoms with van der Waals surface area (Å²) in [7, 11) is 3.98. The molecule has 1 aliphatic carbocycles. The molecule has 1 aromatic rings. The summed E-state index contributed by atoms with van der Waals surface area (Å²) in [4.78, 5) is 26.7. The van der Waals surface area contributed by atoms with E-state index in [1.165, 1.54) is 0 Å². The van der Waals surface area contributed by atoms with Crippen LogP contribution in [-0.4, -0.2) is 43.9 Å². The summed E-state index contributed by atoms with van der Waals surface area (Å²) in [5.74, 6) is 0.269. The number of likely N-dealkylation sites (N-methyl/N-ethyl adjacent to an activating group) is 1. The SMILES string of the molecule is Cc1cc(C)cc(NC(=O)C2CCC(C(=O)NCCN(C)C)CC2)c1. The Morgan fingerprint density at radius 2 is 1.48 bits per heavy atom. The summed E-state index contributed by atoms with van der Waals surface area (Å²) in [6, 6.07) is 6.08. The van der Waals surface area contributed by atoms with Crippen molar-refractivity contribution in [1.29, 1.82) is 0 Å². The Labute approximate surface area is 151 Å². The number of benzene rings is 1. The largest absolute Gasteiger partial charge is 0.355 e. The standard InChI is InChI=1S/C20H31N3O2/c1-14-11-15(2)13-18(12-14)22-20(25)17-7-5-16(6-8-17)19(24)21-9-10-23(3)4/h11-13,16-17H,5-10H2,1-4H3,(H,21,24)(H,22,25). The molecule has 2 N–H and O–H groups in total. The average molecular weight is 345 g/mol. The van der Waals surface area contributed by atoms with Crippen LogP contribution in [0.5, 0.6) is 0 Å². The molecule has 0 spiro atoms. The highest BCUT2D eigenvalue weighted by atomic mass is 16.2. The van der Waals surface area contributed by atoms with Gasteiger partial charge in [-0.15, -0.1) is 0 Å². The fraction of sp³-hybridized carbons (Fsp3) is 0.600. The number of nitrogens with one attached hydrogen (secondary N) is 2. The molecule has 5 nitrogen and oxygen atoms in total. The zero-order valence-corrected chi connectivity index (χ0v) is 15.9. The first-order valence-electron chi connectivity index (χ1n) is 9.16. The van der Waals surface area contributed by atoms with Crippen molar-refractivity contribution in [2.45, 2.75) is 39.5 Å². The van der Waals surface area contributed by atoms with Crippen LogP contribution in [0.15, 0.2) is 18.2 Å². The highest BCUT2D eigenvalue weighted by Gasteiger charge is 2.29. The Kier molecular flexibility index (Phi) is 7.00. The van der Waals surface area contributed by atoms with E-state index in [9.17, 15) is 9.59 Å². The maximum Gasteiger partial charge on any atom is 0.227 e. The lowest BCUT2D eigenvalue weighted by Gasteiger charge is -2.27. The van der Waals surface area contributed by atoms with E-state index in [4.69, 9.17) is 0 Å². The minimum atomic E-state index is 0.00615. The number of nitrogens with zero attached hydrogens (tertiary/aromatic N) is 1. The van der Waals surface area contributed by atoms with Gasteiger partial charge in [0.25, 0.3) is 0 Å². The molecule has 0 unspecified atom stereocenters. The Hall–Kier alpha value is -1.88. The van der Waals surface area contributed by atoms with E-state index in [0.717, 1.165) is 49.0 Å². The van der Waals surface area contributed by atoms with Crippen molar-refractivity contribution in [1.82, 2.24) is 10.2 Å². The van der Waals surface area contributed by atoms with Gasteiger partial charge in [-0.05, 0) is 76.9 Å². The Bertz CT molecular complexity index is 585. The number of anilines is 1. The van der Waals surface area contributed by atoms with Crippen LogP contribution < -0.4 is 10.6 Å². The van der Waals surface area contributed by atoms with Gasteiger partial charge in [0, 0.05) is 30.6 Å². The molecule has 1 fully saturated rings. The van der Waals surface area contributed by atoms with Gasteiger partial charge in [-0.1, -0.05) is 6.07 Å². The maximum atomic E-state index is 12.5. The molecule has 0 radical (unpaired) electrons. The van der Waals surface area contributed by atoms with Crippen molar-refractivity contribution in [3.8, 4) is 0 Å². The summed E-state index contributed by atoms with van der Waals surface area (Å²) in [5, 5.41) is 6.04. The van der Waals surface area contributed by atoms with Crippen LogP contribution in [-0.2, 0) is 9.59 Å². The second kappa shape index (κ2) is 8.99. The van der Waals surface area contributed by atoms with Gasteiger partial charge in [0.2, 0.25) is 11.8 Å². The number of rotatable bonds is 6. The topological polar surface area (TPSA) is 61.4 Å². The smallest absolute Gasteiger partial charge is 0.227 e. The zero-order valence-electron chi connectivity index (χ0n) is 15.9. The summed E-state index contributed by atoms with van der Waals surface area (Å²) < 4.78 is 0. The van der Waals surface area contributed by atoms with E-state index < -0.39 is 0 Å². The number of aryl methyl sites for hydroxylation is 2. The van der Waals surface area contributed by atoms with Gasteiger partial charge in [0.1, 0.15) is 0 Å². The van der Waals surface area contributed by atoms with E-state index in [1.807, 2.05) is 40.1 Å². The quantitative estimate of drug-likeness (QED) is 0.833. The second-order valence-electron chi connectivity index (χ2n) is 7.51. The van der Waals surface area contributed by atoms with E-state index >= 15 is 0 Å². The van der Waals surface area contributed by atoms with Gasteiger partial charge in [0.05, 0.1) is 0 Å². The predicted molar refractivity (Wildman–Crippen MR) is 102 cm³/mol. The minimum Gasteiger partial charge on any atom is -0.355 e. The number of amides is 2. The third-order valence-electron chi connectivity index (χ3n) is 4.82. The molecule has 0 aromatic heterocycles. The van der Waals surface area contributed by atoms with Crippen LogP contribution in [0.3, 0.4) is 0 Å². The molecular weight excluding hydrogens is 314 g/mol. The van der Waals surface area contributed by atoms with Crippen LogP contribution in [0.2, 0.25) is 0 Å². The van der Waals surface area contributed by atoms with Gasteiger partial charge in [0.15, 0.2) is 0 Å². The van der Waals surface area contributed by atoms with E-state index in [1.54, 1.807) is 0 Å². The first kappa shape index (κ1) is 19.4. The average Bonchev–Trinajstić information content (AvgIpc) is 2.53. The third-order valence-corrected chi connectivity index (χ3v) is 4.82. The third kappa shape index (κ3) is 6.16. The van der Waals surface area contributed by atoms with Gasteiger partial charge < -0.3 is 15.5 Å². The van der Waals surface area contributed by atoms with Gasteiger partial charge >= 0.3 is 0 Å². The number of hydrogen-bond donors (Lipinski definition) is 2. The van der Waals surface area contributed by atoms with Crippen molar-refractivity contribution >= 4 is 17.5 Å². The van der Waals surface area contributed by atoms with Crippen molar-refractivity contribution in [2.75, 3.05) is 32.5 Å². The number of carbonyl (C=O) groups is 2. The molecule has 2 rings (SSSR count). The Morgan fingerprint density at radius 3 is 2.00 bits per heavy atom. The second-order valence-corrected chi connectivity index (χ2v) is 7.51. The van der Waals surface area contributed by atoms with Crippen LogP contribution in [0.25, 0.3) is 0 Å². The summed E-state index contributed by atoms with van der Waals surface area (Å²) in [5.41, 5.74) is 3.16. The molecule has 0 bridgehead atoms. The van der Waals surface area contributed by atoms with E-state index in [-0.39, 0.29) is 23.7 Å². The molecule has 0 atom stereocenters. The first-order valence-corrected chi connectivity index (χ1v) is 9.16. The van der Waals surface area contributed by atoms with Gasteiger partial charge in [-0.25, -0.2) is 0 Å². The highest BCUT2D eigenvalue weighted by molar-refractivity contribution is 5.93. The molecule has 0 saturated heterocycles. The van der Waals surface area contributed by atoms with Gasteiger partial charge in [-0.2, -0.15) is 0 Å². The first-order chi connectivity index (χ1) is 11.8. The summed E-state index contributed by atoms with van der Waals surface area (Å²) in [6.07, 6.45) is 3.14. The lowest BCUT2D eigenvalue weighted by molar-refractivity contribution is -0.128. The minimum absolute atomic E-state index is 0.00615. The van der Waals surface area contributed by atoms with Crippen molar-refractivity contribution in [3.05, 3.63) is 29.3 Å². The molecule has 0 heterocycles. The van der Waals surface area contributed by atoms with E-state index in [2.05, 4.69) is 21.6 Å². The lowest BCUT2D eigenvalue weighted by atomic mass is 9.81. The summed E-state index contributed by atoms with van der Waals surface area (Å²) in [6.45, 7) is 5.59. The fourth-order valence-electron chi connectivity index (χ4n) is 3.46. The Morgan fingerprint density at radius 1 is 0.960 bits per heavy atom. The molecule has 1 saturated carbocycles. The zero-order chi connectivity index (χ0) is 18.4. The summed E-state index contributed by atoms with van der Waals surface area (Å²) >= 11 is 0. The van der Waals surface area contributed by atoms with Gasteiger partial charge in [-0.3, -0.25) is 9.59 Å². The lowest BCUT2D eigenvalue weighted by Crippen LogP contribution is -2.38. The molecular formula is C20H31N3O2. The normalized spacial score (nSPS) is 20.4. The number of carbonyl (C=O) groups excluding carboxylic acids is 2. The van der Waals surface area contributed by atoms with Crippen LogP contribution in [0, 0.1) is 25.7 Å². The van der Waals surface area contributed by atoms with Crippen LogP contribution in [0.4, 0.5) is 5.69 Å². The molecule has 5 heteroatoms. The highest BCUT2D eigenvalue weighted by Crippen LogP contribution is 2.30. The molecule has 0 aliphatic heterocycles. The maximum absolute atomic E-state index is 12.5. The van der Waals surface area contributed by atoms with Crippen molar-refractivity contribution in [3.63, 3.8) is 0 Å². The predicted octanol–water partition coefficient (Wildman–Crippen LogP) is 2.73. The van der Waals surface area contributed by atoms with Crippen LogP contribution >= 0.6 is 0 Å². The van der Waals surface area contributed by atoms with Crippen molar-refractivity contribution < 1.29 is 9.59 Å². The Balaban J connectivity index is 1.79. The molecule has 1 aliphatic rings. The van der Waals surface area contributed by atoms with E-state index in [0.29, 0.717) is 6.54 Å². The fourth-order valence-corrected chi connectivity index (χ4v) is 3.46.